The fourth-order valence-corrected chi connectivity index (χ4v) is 3.29. The smallest absolute Gasteiger partial charge is 0.322 e. The molecule has 0 radical (unpaired) electrons. The molecular weight excluding hydrogens is 366 g/mol. The molecule has 1 aliphatic heterocycles. The molecule has 144 valence electrons. The first-order chi connectivity index (χ1) is 13.1. The van der Waals surface area contributed by atoms with Gasteiger partial charge in [-0.15, -0.1) is 0 Å². The highest BCUT2D eigenvalue weighted by Crippen LogP contribution is 2.30. The van der Waals surface area contributed by atoms with Crippen LogP contribution in [0.25, 0.3) is 0 Å². The topological polar surface area (TPSA) is 54.0 Å². The number of anilines is 2. The zero-order valence-corrected chi connectivity index (χ0v) is 16.3. The highest BCUT2D eigenvalue weighted by atomic mass is 35.5. The Balaban J connectivity index is 1.63. The van der Waals surface area contributed by atoms with Crippen LogP contribution < -0.4 is 19.7 Å². The normalized spacial score (nSPS) is 14.0. The standard InChI is InChI=1S/C20H24ClN3O3/c1-3-27-19-7-5-4-6-17(19)23-10-12-24(13-11-23)20(25)22-16-14-15(21)8-9-18(16)26-2/h4-9,14H,3,10-13H2,1-2H3,(H,22,25). The van der Waals surface area contributed by atoms with Crippen molar-refractivity contribution in [1.82, 2.24) is 4.90 Å². The predicted octanol–water partition coefficient (Wildman–Crippen LogP) is 4.10. The summed E-state index contributed by atoms with van der Waals surface area (Å²) in [6.07, 6.45) is 0. The second-order valence-electron chi connectivity index (χ2n) is 6.15. The van der Waals surface area contributed by atoms with E-state index in [4.69, 9.17) is 21.1 Å². The molecule has 1 aliphatic rings. The summed E-state index contributed by atoms with van der Waals surface area (Å²) in [7, 11) is 1.56. The second kappa shape index (κ2) is 8.86. The lowest BCUT2D eigenvalue weighted by Gasteiger charge is -2.36. The van der Waals surface area contributed by atoms with Crippen LogP contribution in [0.15, 0.2) is 42.5 Å². The average molecular weight is 390 g/mol. The van der Waals surface area contributed by atoms with Crippen molar-refractivity contribution < 1.29 is 14.3 Å². The van der Waals surface area contributed by atoms with E-state index in [0.29, 0.717) is 36.2 Å². The maximum absolute atomic E-state index is 12.6. The third-order valence-corrected chi connectivity index (χ3v) is 4.71. The highest BCUT2D eigenvalue weighted by Gasteiger charge is 2.23. The Morgan fingerprint density at radius 2 is 1.85 bits per heavy atom. The number of nitrogens with zero attached hydrogens (tertiary/aromatic N) is 2. The Morgan fingerprint density at radius 3 is 2.56 bits per heavy atom. The van der Waals surface area contributed by atoms with E-state index in [1.165, 1.54) is 0 Å². The monoisotopic (exact) mass is 389 g/mol. The van der Waals surface area contributed by atoms with Crippen molar-refractivity contribution in [1.29, 1.82) is 0 Å². The van der Waals surface area contributed by atoms with E-state index in [2.05, 4.69) is 16.3 Å². The van der Waals surface area contributed by atoms with Gasteiger partial charge in [0.1, 0.15) is 11.5 Å². The Morgan fingerprint density at radius 1 is 1.11 bits per heavy atom. The molecule has 7 heteroatoms. The minimum absolute atomic E-state index is 0.159. The van der Waals surface area contributed by atoms with Crippen molar-refractivity contribution in [3.63, 3.8) is 0 Å². The van der Waals surface area contributed by atoms with Crippen LogP contribution in [0.1, 0.15) is 6.92 Å². The number of nitrogens with one attached hydrogen (secondary N) is 1. The van der Waals surface area contributed by atoms with Gasteiger partial charge in [-0.2, -0.15) is 0 Å². The van der Waals surface area contributed by atoms with E-state index in [9.17, 15) is 4.79 Å². The van der Waals surface area contributed by atoms with E-state index in [1.54, 1.807) is 30.2 Å². The fraction of sp³-hybridized carbons (Fsp3) is 0.350. The molecule has 27 heavy (non-hydrogen) atoms. The Kier molecular flexibility index (Phi) is 6.29. The molecule has 2 amide bonds. The van der Waals surface area contributed by atoms with E-state index in [1.807, 2.05) is 25.1 Å². The third-order valence-electron chi connectivity index (χ3n) is 4.48. The molecule has 2 aromatic carbocycles. The number of ether oxygens (including phenoxy) is 2. The number of hydrogen-bond donors (Lipinski definition) is 1. The molecule has 3 rings (SSSR count). The summed E-state index contributed by atoms with van der Waals surface area (Å²) in [6.45, 7) is 5.32. The minimum atomic E-state index is -0.159. The van der Waals surface area contributed by atoms with Crippen LogP contribution in [0.4, 0.5) is 16.2 Å². The van der Waals surface area contributed by atoms with Gasteiger partial charge in [0.2, 0.25) is 0 Å². The van der Waals surface area contributed by atoms with Crippen molar-refractivity contribution >= 4 is 29.0 Å². The van der Waals surface area contributed by atoms with E-state index < -0.39 is 0 Å². The van der Waals surface area contributed by atoms with Crippen LogP contribution in [0.3, 0.4) is 0 Å². The molecule has 0 unspecified atom stereocenters. The maximum Gasteiger partial charge on any atom is 0.322 e. The Hall–Kier alpha value is -2.60. The molecule has 1 fully saturated rings. The summed E-state index contributed by atoms with van der Waals surface area (Å²) in [5.41, 5.74) is 1.63. The Bertz CT molecular complexity index is 792. The first-order valence-corrected chi connectivity index (χ1v) is 9.36. The van der Waals surface area contributed by atoms with Crippen molar-refractivity contribution in [2.24, 2.45) is 0 Å². The molecular formula is C20H24ClN3O3. The number of urea groups is 1. The third kappa shape index (κ3) is 4.57. The van der Waals surface area contributed by atoms with Gasteiger partial charge in [-0.25, -0.2) is 4.79 Å². The lowest BCUT2D eigenvalue weighted by Crippen LogP contribution is -2.50. The van der Waals surface area contributed by atoms with Crippen molar-refractivity contribution in [3.05, 3.63) is 47.5 Å². The minimum Gasteiger partial charge on any atom is -0.495 e. The number of hydrogen-bond acceptors (Lipinski definition) is 4. The van der Waals surface area contributed by atoms with Crippen LogP contribution in [0, 0.1) is 0 Å². The summed E-state index contributed by atoms with van der Waals surface area (Å²) in [6, 6.07) is 13.0. The molecule has 0 aliphatic carbocycles. The zero-order chi connectivity index (χ0) is 19.2. The van der Waals surface area contributed by atoms with Gasteiger partial charge in [0.05, 0.1) is 25.1 Å². The van der Waals surface area contributed by atoms with Crippen LogP contribution in [0.5, 0.6) is 11.5 Å². The van der Waals surface area contributed by atoms with Crippen molar-refractivity contribution in [2.75, 3.05) is 50.1 Å². The second-order valence-corrected chi connectivity index (χ2v) is 6.59. The lowest BCUT2D eigenvalue weighted by atomic mass is 10.2. The van der Waals surface area contributed by atoms with Crippen LogP contribution >= 0.6 is 11.6 Å². The molecule has 2 aromatic rings. The number of methoxy groups -OCH3 is 1. The largest absolute Gasteiger partial charge is 0.495 e. The molecule has 1 saturated heterocycles. The number of carbonyl (C=O) groups excluding carboxylic acids is 1. The zero-order valence-electron chi connectivity index (χ0n) is 15.6. The van der Waals surface area contributed by atoms with Gasteiger partial charge in [0, 0.05) is 31.2 Å². The van der Waals surface area contributed by atoms with Crippen molar-refractivity contribution in [3.8, 4) is 11.5 Å². The number of rotatable bonds is 5. The van der Waals surface area contributed by atoms with Gasteiger partial charge in [-0.05, 0) is 37.3 Å². The fourth-order valence-electron chi connectivity index (χ4n) is 3.12. The number of halogens is 1. The number of para-hydroxylation sites is 2. The first kappa shape index (κ1) is 19.2. The van der Waals surface area contributed by atoms with Gasteiger partial charge < -0.3 is 24.6 Å². The summed E-state index contributed by atoms with van der Waals surface area (Å²) in [5.74, 6) is 1.46. The molecule has 0 spiro atoms. The lowest BCUT2D eigenvalue weighted by molar-refractivity contribution is 0.208. The van der Waals surface area contributed by atoms with E-state index in [-0.39, 0.29) is 6.03 Å². The highest BCUT2D eigenvalue weighted by molar-refractivity contribution is 6.31. The van der Waals surface area contributed by atoms with Crippen molar-refractivity contribution in [2.45, 2.75) is 6.92 Å². The molecule has 0 bridgehead atoms. The van der Waals surface area contributed by atoms with Gasteiger partial charge in [-0.1, -0.05) is 23.7 Å². The summed E-state index contributed by atoms with van der Waals surface area (Å²) in [5, 5.41) is 3.44. The van der Waals surface area contributed by atoms with Crippen LogP contribution in [0.2, 0.25) is 5.02 Å². The molecule has 0 saturated carbocycles. The molecule has 1 heterocycles. The molecule has 0 atom stereocenters. The van der Waals surface area contributed by atoms with Gasteiger partial charge in [0.25, 0.3) is 0 Å². The quantitative estimate of drug-likeness (QED) is 0.836. The summed E-state index contributed by atoms with van der Waals surface area (Å²) < 4.78 is 11.0. The Labute approximate surface area is 164 Å². The number of amides is 2. The molecule has 1 N–H and O–H groups in total. The summed E-state index contributed by atoms with van der Waals surface area (Å²) >= 11 is 6.03. The SMILES string of the molecule is CCOc1ccccc1N1CCN(C(=O)Nc2cc(Cl)ccc2OC)CC1. The van der Waals surface area contributed by atoms with E-state index >= 15 is 0 Å². The van der Waals surface area contributed by atoms with Gasteiger partial charge >= 0.3 is 6.03 Å². The van der Waals surface area contributed by atoms with E-state index in [0.717, 1.165) is 24.5 Å². The maximum atomic E-state index is 12.6. The first-order valence-electron chi connectivity index (χ1n) is 8.98. The summed E-state index contributed by atoms with van der Waals surface area (Å²) in [4.78, 5) is 16.7. The molecule has 6 nitrogen and oxygen atoms in total. The van der Waals surface area contributed by atoms with Crippen LogP contribution in [-0.2, 0) is 0 Å². The van der Waals surface area contributed by atoms with Crippen LogP contribution in [-0.4, -0.2) is 50.8 Å². The predicted molar refractivity (Wildman–Crippen MR) is 108 cm³/mol. The number of piperazine rings is 1. The molecule has 0 aromatic heterocycles. The average Bonchev–Trinajstić information content (AvgIpc) is 2.69. The van der Waals surface area contributed by atoms with Gasteiger partial charge in [-0.3, -0.25) is 0 Å². The number of carbonyl (C=O) groups is 1. The number of benzene rings is 2. The van der Waals surface area contributed by atoms with Gasteiger partial charge in [0.15, 0.2) is 0 Å².